The molecule has 0 saturated carbocycles. The quantitative estimate of drug-likeness (QED) is 0.766. The van der Waals surface area contributed by atoms with Crippen LogP contribution in [0.1, 0.15) is 18.9 Å². The average Bonchev–Trinajstić information content (AvgIpc) is 2.43. The molecule has 0 aliphatic carbocycles. The third kappa shape index (κ3) is 3.25. The summed E-state index contributed by atoms with van der Waals surface area (Å²) in [6.07, 6.45) is 4.24. The second kappa shape index (κ2) is 5.37. The second-order valence-electron chi connectivity index (χ2n) is 4.28. The number of halogens is 1. The third-order valence-electron chi connectivity index (χ3n) is 2.70. The molecule has 0 unspecified atom stereocenters. The van der Waals surface area contributed by atoms with Crippen molar-refractivity contribution in [1.82, 2.24) is 9.88 Å². The molecule has 0 bridgehead atoms. The fourth-order valence-corrected chi connectivity index (χ4v) is 2.02. The number of hydrogen-bond donors (Lipinski definition) is 0. The summed E-state index contributed by atoms with van der Waals surface area (Å²) in [5.74, 6) is -0.267. The second-order valence-corrected chi connectivity index (χ2v) is 4.28. The first-order valence-corrected chi connectivity index (χ1v) is 5.67. The Morgan fingerprint density at radius 2 is 2.44 bits per heavy atom. The lowest BCUT2D eigenvalue weighted by atomic mass is 10.2. The predicted octanol–water partition coefficient (Wildman–Crippen LogP) is 1.83. The summed E-state index contributed by atoms with van der Waals surface area (Å²) < 4.78 is 18.5. The van der Waals surface area contributed by atoms with E-state index in [0.717, 1.165) is 38.2 Å². The van der Waals surface area contributed by atoms with Crippen molar-refractivity contribution < 1.29 is 9.13 Å². The number of aromatic nitrogens is 1. The summed E-state index contributed by atoms with van der Waals surface area (Å²) >= 11 is 0. The molecule has 0 aromatic carbocycles. The van der Waals surface area contributed by atoms with Gasteiger partial charge in [0.05, 0.1) is 12.3 Å². The molecule has 0 spiro atoms. The van der Waals surface area contributed by atoms with Crippen LogP contribution < -0.4 is 0 Å². The predicted molar refractivity (Wildman–Crippen MR) is 59.5 cm³/mol. The topological polar surface area (TPSA) is 25.4 Å². The number of ether oxygens (including phenoxy) is 1. The van der Waals surface area contributed by atoms with Gasteiger partial charge in [0.1, 0.15) is 5.82 Å². The van der Waals surface area contributed by atoms with Crippen molar-refractivity contribution in [2.75, 3.05) is 19.7 Å². The molecule has 1 aliphatic rings. The van der Waals surface area contributed by atoms with Crippen LogP contribution in [0.3, 0.4) is 0 Å². The molecule has 0 radical (unpaired) electrons. The minimum atomic E-state index is -0.267. The highest BCUT2D eigenvalue weighted by molar-refractivity contribution is 5.09. The highest BCUT2D eigenvalue weighted by Crippen LogP contribution is 2.10. The molecule has 4 heteroatoms. The van der Waals surface area contributed by atoms with Crippen LogP contribution in [0.15, 0.2) is 18.5 Å². The average molecular weight is 224 g/mol. The van der Waals surface area contributed by atoms with E-state index in [2.05, 4.69) is 16.8 Å². The SMILES string of the molecule is C[C@@H]1CN(Cc2cncc(F)c2)CCCO1. The Bertz CT molecular complexity index is 346. The first kappa shape index (κ1) is 11.5. The molecule has 1 atom stereocenters. The lowest BCUT2D eigenvalue weighted by molar-refractivity contribution is 0.0668. The van der Waals surface area contributed by atoms with E-state index in [1.165, 1.54) is 6.20 Å². The normalized spacial score (nSPS) is 23.0. The molecule has 88 valence electrons. The number of hydrogen-bond acceptors (Lipinski definition) is 3. The first-order valence-electron chi connectivity index (χ1n) is 5.67. The maximum Gasteiger partial charge on any atom is 0.141 e. The molecular weight excluding hydrogens is 207 g/mol. The van der Waals surface area contributed by atoms with Gasteiger partial charge < -0.3 is 4.74 Å². The molecule has 2 rings (SSSR count). The van der Waals surface area contributed by atoms with Crippen LogP contribution in [0.25, 0.3) is 0 Å². The first-order chi connectivity index (χ1) is 7.74. The molecule has 16 heavy (non-hydrogen) atoms. The van der Waals surface area contributed by atoms with Gasteiger partial charge in [-0.3, -0.25) is 9.88 Å². The zero-order valence-electron chi connectivity index (χ0n) is 9.53. The van der Waals surface area contributed by atoms with Crippen molar-refractivity contribution >= 4 is 0 Å². The molecule has 2 heterocycles. The van der Waals surface area contributed by atoms with Gasteiger partial charge in [-0.2, -0.15) is 0 Å². The van der Waals surface area contributed by atoms with E-state index in [-0.39, 0.29) is 11.9 Å². The third-order valence-corrected chi connectivity index (χ3v) is 2.70. The standard InChI is InChI=1S/C12H17FN2O/c1-10-8-15(3-2-4-16-10)9-11-5-12(13)7-14-6-11/h5-7,10H,2-4,8-9H2,1H3/t10-/m1/s1. The van der Waals surface area contributed by atoms with Crippen LogP contribution in [-0.4, -0.2) is 35.7 Å². The maximum absolute atomic E-state index is 13.0. The monoisotopic (exact) mass is 224 g/mol. The van der Waals surface area contributed by atoms with Gasteiger partial charge >= 0.3 is 0 Å². The Balaban J connectivity index is 1.97. The van der Waals surface area contributed by atoms with Gasteiger partial charge in [0.15, 0.2) is 0 Å². The molecule has 0 amide bonds. The van der Waals surface area contributed by atoms with Crippen LogP contribution >= 0.6 is 0 Å². The molecule has 1 aromatic rings. The number of nitrogens with zero attached hydrogens (tertiary/aromatic N) is 2. The minimum Gasteiger partial charge on any atom is -0.377 e. The lowest BCUT2D eigenvalue weighted by Gasteiger charge is -2.21. The van der Waals surface area contributed by atoms with Crippen molar-refractivity contribution in [1.29, 1.82) is 0 Å². The van der Waals surface area contributed by atoms with Gasteiger partial charge in [-0.15, -0.1) is 0 Å². The van der Waals surface area contributed by atoms with Crippen molar-refractivity contribution in [3.63, 3.8) is 0 Å². The van der Waals surface area contributed by atoms with E-state index >= 15 is 0 Å². The summed E-state index contributed by atoms with van der Waals surface area (Å²) in [6.45, 7) is 5.54. The van der Waals surface area contributed by atoms with Gasteiger partial charge in [-0.25, -0.2) is 4.39 Å². The Morgan fingerprint density at radius 1 is 1.56 bits per heavy atom. The van der Waals surface area contributed by atoms with Gasteiger partial charge in [0.2, 0.25) is 0 Å². The zero-order valence-corrected chi connectivity index (χ0v) is 9.53. The molecule has 1 aromatic heterocycles. The van der Waals surface area contributed by atoms with Crippen molar-refractivity contribution in [3.8, 4) is 0 Å². The molecular formula is C12H17FN2O. The van der Waals surface area contributed by atoms with Gasteiger partial charge in [-0.05, 0) is 25.0 Å². The van der Waals surface area contributed by atoms with Crippen LogP contribution in [-0.2, 0) is 11.3 Å². The van der Waals surface area contributed by atoms with E-state index in [4.69, 9.17) is 4.74 Å². The van der Waals surface area contributed by atoms with Crippen LogP contribution in [0, 0.1) is 5.82 Å². The largest absolute Gasteiger partial charge is 0.377 e. The van der Waals surface area contributed by atoms with Crippen LogP contribution in [0.2, 0.25) is 0 Å². The zero-order chi connectivity index (χ0) is 11.4. The van der Waals surface area contributed by atoms with Crippen LogP contribution in [0.5, 0.6) is 0 Å². The number of rotatable bonds is 2. The Morgan fingerprint density at radius 3 is 3.25 bits per heavy atom. The minimum absolute atomic E-state index is 0.254. The lowest BCUT2D eigenvalue weighted by Crippen LogP contribution is -2.29. The molecule has 1 saturated heterocycles. The highest BCUT2D eigenvalue weighted by atomic mass is 19.1. The van der Waals surface area contributed by atoms with Gasteiger partial charge in [-0.1, -0.05) is 0 Å². The summed E-state index contributed by atoms with van der Waals surface area (Å²) in [4.78, 5) is 6.15. The summed E-state index contributed by atoms with van der Waals surface area (Å²) in [6, 6.07) is 1.55. The van der Waals surface area contributed by atoms with E-state index in [0.29, 0.717) is 0 Å². The highest BCUT2D eigenvalue weighted by Gasteiger charge is 2.15. The van der Waals surface area contributed by atoms with Gasteiger partial charge in [0, 0.05) is 32.4 Å². The maximum atomic E-state index is 13.0. The molecule has 0 N–H and O–H groups in total. The summed E-state index contributed by atoms with van der Waals surface area (Å²) in [5, 5.41) is 0. The number of pyridine rings is 1. The van der Waals surface area contributed by atoms with E-state index in [1.54, 1.807) is 12.3 Å². The smallest absolute Gasteiger partial charge is 0.141 e. The molecule has 1 fully saturated rings. The van der Waals surface area contributed by atoms with E-state index in [1.807, 2.05) is 0 Å². The summed E-state index contributed by atoms with van der Waals surface area (Å²) in [7, 11) is 0. The molecule has 1 aliphatic heterocycles. The summed E-state index contributed by atoms with van der Waals surface area (Å²) in [5.41, 5.74) is 0.925. The van der Waals surface area contributed by atoms with Crippen LogP contribution in [0.4, 0.5) is 4.39 Å². The fourth-order valence-electron chi connectivity index (χ4n) is 2.02. The van der Waals surface area contributed by atoms with E-state index in [9.17, 15) is 4.39 Å². The Kier molecular flexibility index (Phi) is 3.85. The Labute approximate surface area is 95.2 Å². The van der Waals surface area contributed by atoms with Gasteiger partial charge in [0.25, 0.3) is 0 Å². The van der Waals surface area contributed by atoms with Crippen molar-refractivity contribution in [3.05, 3.63) is 29.8 Å². The van der Waals surface area contributed by atoms with Crippen molar-refractivity contribution in [2.24, 2.45) is 0 Å². The molecule has 3 nitrogen and oxygen atoms in total. The fraction of sp³-hybridized carbons (Fsp3) is 0.583. The van der Waals surface area contributed by atoms with E-state index < -0.39 is 0 Å². The Hall–Kier alpha value is -1.00. The van der Waals surface area contributed by atoms with Crippen molar-refractivity contribution in [2.45, 2.75) is 26.0 Å².